The predicted octanol–water partition coefficient (Wildman–Crippen LogP) is 4.92. The molecule has 2 aromatic carbocycles. The van der Waals surface area contributed by atoms with Crippen molar-refractivity contribution in [2.45, 2.75) is 25.7 Å². The lowest BCUT2D eigenvalue weighted by Crippen LogP contribution is -2.36. The number of anilines is 3. The Bertz CT molecular complexity index is 1490. The number of nitrogens with zero attached hydrogens (tertiary/aromatic N) is 4. The normalized spacial score (nSPS) is 19.3. The number of nitrogens with one attached hydrogen (secondary N) is 3. The van der Waals surface area contributed by atoms with Gasteiger partial charge in [0.2, 0.25) is 11.9 Å². The standard InChI is InChI=1S/C29H31BrF3N7O5/c1-16(10-30)14-44-20-8-2-17(3-9-20)11-34-25-37-26(39-27(38-25)45-15-29(31,32)33)35-19-6-4-18(5-7-19)24(41)40-12-21-22(13-40)23(21)36-28(42)43/h2-9,16,21-23,36H,10-15H2,1H3,(H,42,43)(H2,34,35,37,38,39)/t16-,21?,22?,23?/m0/s1. The van der Waals surface area contributed by atoms with Gasteiger partial charge in [-0.05, 0) is 47.9 Å². The summed E-state index contributed by atoms with van der Waals surface area (Å²) in [5.41, 5.74) is 1.77. The predicted molar refractivity (Wildman–Crippen MR) is 161 cm³/mol. The highest BCUT2D eigenvalue weighted by atomic mass is 79.9. The minimum atomic E-state index is -4.59. The molecule has 12 nitrogen and oxygen atoms in total. The highest BCUT2D eigenvalue weighted by molar-refractivity contribution is 9.09. The second kappa shape index (κ2) is 13.7. The second-order valence-corrected chi connectivity index (χ2v) is 11.6. The van der Waals surface area contributed by atoms with Crippen molar-refractivity contribution in [3.63, 3.8) is 0 Å². The van der Waals surface area contributed by atoms with E-state index < -0.39 is 24.9 Å². The molecule has 3 aromatic rings. The molecule has 2 fully saturated rings. The first-order chi connectivity index (χ1) is 21.5. The Balaban J connectivity index is 1.21. The molecule has 0 radical (unpaired) electrons. The van der Waals surface area contributed by atoms with Crippen molar-refractivity contribution in [1.29, 1.82) is 0 Å². The highest BCUT2D eigenvalue weighted by Crippen LogP contribution is 2.45. The minimum Gasteiger partial charge on any atom is -0.493 e. The lowest BCUT2D eigenvalue weighted by molar-refractivity contribution is -0.154. The molecule has 16 heteroatoms. The van der Waals surface area contributed by atoms with Crippen molar-refractivity contribution in [2.24, 2.45) is 17.8 Å². The van der Waals surface area contributed by atoms with Crippen molar-refractivity contribution in [3.05, 3.63) is 59.7 Å². The lowest BCUT2D eigenvalue weighted by Gasteiger charge is -2.20. The van der Waals surface area contributed by atoms with Crippen molar-refractivity contribution >= 4 is 45.5 Å². The number of hydrogen-bond acceptors (Lipinski definition) is 9. The maximum Gasteiger partial charge on any atom is 0.422 e. The van der Waals surface area contributed by atoms with E-state index in [1.807, 2.05) is 24.3 Å². The summed E-state index contributed by atoms with van der Waals surface area (Å²) in [6.07, 6.45) is -5.65. The van der Waals surface area contributed by atoms with E-state index in [0.29, 0.717) is 42.6 Å². The van der Waals surface area contributed by atoms with Gasteiger partial charge in [-0.15, -0.1) is 0 Å². The molecular weight excluding hydrogens is 663 g/mol. The number of fused-ring (bicyclic) bond motifs is 1. The van der Waals surface area contributed by atoms with E-state index in [9.17, 15) is 22.8 Å². The molecule has 1 aliphatic heterocycles. The average molecular weight is 695 g/mol. The first-order valence-electron chi connectivity index (χ1n) is 14.1. The molecule has 240 valence electrons. The van der Waals surface area contributed by atoms with Gasteiger partial charge >= 0.3 is 18.3 Å². The molecule has 2 amide bonds. The van der Waals surface area contributed by atoms with Gasteiger partial charge in [0.15, 0.2) is 6.61 Å². The van der Waals surface area contributed by atoms with Crippen LogP contribution in [0.1, 0.15) is 22.8 Å². The molecule has 4 N–H and O–H groups in total. The number of ether oxygens (including phenoxy) is 2. The zero-order valence-corrected chi connectivity index (χ0v) is 25.6. The largest absolute Gasteiger partial charge is 0.493 e. The zero-order chi connectivity index (χ0) is 32.1. The Morgan fingerprint density at radius 3 is 2.31 bits per heavy atom. The molecular formula is C29H31BrF3N7O5. The van der Waals surface area contributed by atoms with Gasteiger partial charge in [-0.3, -0.25) is 4.79 Å². The van der Waals surface area contributed by atoms with Crippen LogP contribution in [0, 0.1) is 17.8 Å². The number of carboxylic acid groups (broad SMARTS) is 1. The maximum absolute atomic E-state index is 12.9. The number of aromatic nitrogens is 3. The Labute approximate surface area is 264 Å². The summed E-state index contributed by atoms with van der Waals surface area (Å²) < 4.78 is 49.0. The van der Waals surface area contributed by atoms with Crippen LogP contribution in [0.2, 0.25) is 0 Å². The molecule has 1 aliphatic carbocycles. The van der Waals surface area contributed by atoms with Crippen LogP contribution >= 0.6 is 15.9 Å². The number of halogens is 4. The van der Waals surface area contributed by atoms with Crippen LogP contribution in [0.4, 0.5) is 35.5 Å². The summed E-state index contributed by atoms with van der Waals surface area (Å²) in [7, 11) is 0. The van der Waals surface area contributed by atoms with Gasteiger partial charge in [0, 0.05) is 54.1 Å². The molecule has 2 heterocycles. The number of likely N-dealkylation sites (tertiary alicyclic amines) is 1. The van der Waals surface area contributed by atoms with E-state index in [0.717, 1.165) is 10.9 Å². The number of piperidine rings is 1. The van der Waals surface area contributed by atoms with Gasteiger partial charge in [0.25, 0.3) is 5.91 Å². The number of hydrogen-bond donors (Lipinski definition) is 4. The Kier molecular flexibility index (Phi) is 9.80. The summed E-state index contributed by atoms with van der Waals surface area (Å²) in [5, 5.41) is 18.1. The zero-order valence-electron chi connectivity index (χ0n) is 24.1. The van der Waals surface area contributed by atoms with Gasteiger partial charge in [-0.25, -0.2) is 4.79 Å². The number of carbonyl (C=O) groups excluding carboxylic acids is 1. The molecule has 1 saturated carbocycles. The van der Waals surface area contributed by atoms with Crippen LogP contribution in [-0.4, -0.2) is 80.8 Å². The summed E-state index contributed by atoms with van der Waals surface area (Å²) in [4.78, 5) is 37.7. The molecule has 1 aromatic heterocycles. The van der Waals surface area contributed by atoms with Crippen LogP contribution in [0.5, 0.6) is 11.8 Å². The van der Waals surface area contributed by atoms with E-state index >= 15 is 0 Å². The smallest absolute Gasteiger partial charge is 0.422 e. The Morgan fingerprint density at radius 2 is 1.69 bits per heavy atom. The van der Waals surface area contributed by atoms with Crippen LogP contribution < -0.4 is 25.4 Å². The van der Waals surface area contributed by atoms with Crippen molar-refractivity contribution in [2.75, 3.05) is 42.3 Å². The molecule has 45 heavy (non-hydrogen) atoms. The molecule has 0 spiro atoms. The van der Waals surface area contributed by atoms with E-state index in [1.54, 1.807) is 29.2 Å². The summed E-state index contributed by atoms with van der Waals surface area (Å²) in [6, 6.07) is 13.2. The molecule has 0 bridgehead atoms. The number of rotatable bonds is 13. The van der Waals surface area contributed by atoms with Gasteiger partial charge in [0.05, 0.1) is 6.61 Å². The van der Waals surface area contributed by atoms with Crippen LogP contribution in [-0.2, 0) is 6.54 Å². The van der Waals surface area contributed by atoms with E-state index in [1.165, 1.54) is 0 Å². The lowest BCUT2D eigenvalue weighted by atomic mass is 10.1. The fraction of sp³-hybridized carbons (Fsp3) is 0.414. The quantitative estimate of drug-likeness (QED) is 0.182. The molecule has 1 saturated heterocycles. The first-order valence-corrected chi connectivity index (χ1v) is 15.2. The van der Waals surface area contributed by atoms with E-state index in [4.69, 9.17) is 14.6 Å². The molecule has 3 atom stereocenters. The monoisotopic (exact) mass is 693 g/mol. The first kappa shape index (κ1) is 32.1. The summed E-state index contributed by atoms with van der Waals surface area (Å²) in [6.45, 7) is 2.27. The Morgan fingerprint density at radius 1 is 1.02 bits per heavy atom. The van der Waals surface area contributed by atoms with Gasteiger partial charge in [0.1, 0.15) is 5.75 Å². The third kappa shape index (κ3) is 8.86. The summed E-state index contributed by atoms with van der Waals surface area (Å²) >= 11 is 3.42. The van der Waals surface area contributed by atoms with E-state index in [-0.39, 0.29) is 42.2 Å². The van der Waals surface area contributed by atoms with Crippen molar-refractivity contribution in [3.8, 4) is 11.8 Å². The Hall–Kier alpha value is -4.34. The van der Waals surface area contributed by atoms with E-state index in [2.05, 4.69) is 53.8 Å². The van der Waals surface area contributed by atoms with Gasteiger partial charge in [-0.1, -0.05) is 35.0 Å². The van der Waals surface area contributed by atoms with Crippen LogP contribution in [0.3, 0.4) is 0 Å². The fourth-order valence-electron chi connectivity index (χ4n) is 4.93. The van der Waals surface area contributed by atoms with Gasteiger partial charge in [-0.2, -0.15) is 28.1 Å². The second-order valence-electron chi connectivity index (χ2n) is 11.0. The van der Waals surface area contributed by atoms with Crippen LogP contribution in [0.15, 0.2) is 48.5 Å². The maximum atomic E-state index is 12.9. The topological polar surface area (TPSA) is 151 Å². The summed E-state index contributed by atoms with van der Waals surface area (Å²) in [5.74, 6) is 1.07. The molecule has 2 aliphatic rings. The third-order valence-corrected chi connectivity index (χ3v) is 8.42. The number of alkyl halides is 4. The minimum absolute atomic E-state index is 0.00812. The van der Waals surface area contributed by atoms with Crippen molar-refractivity contribution < 1.29 is 37.3 Å². The third-order valence-electron chi connectivity index (χ3n) is 7.31. The number of carbonyl (C=O) groups is 2. The number of benzene rings is 2. The fourth-order valence-corrected chi connectivity index (χ4v) is 5.11. The number of amides is 2. The highest BCUT2D eigenvalue weighted by Gasteiger charge is 2.57. The molecule has 5 rings (SSSR count). The average Bonchev–Trinajstić information content (AvgIpc) is 3.42. The van der Waals surface area contributed by atoms with Crippen LogP contribution in [0.25, 0.3) is 0 Å². The molecule has 2 unspecified atom stereocenters. The van der Waals surface area contributed by atoms with Crippen molar-refractivity contribution in [1.82, 2.24) is 25.2 Å². The van der Waals surface area contributed by atoms with Gasteiger partial charge < -0.3 is 35.4 Å². The SMILES string of the molecule is C[C@@H](CBr)COc1ccc(CNc2nc(Nc3ccc(C(=O)N4CC5C(C4)C5NC(=O)O)cc3)nc(OCC(F)(F)F)n2)cc1.